The number of likely N-dealkylation sites (N-methyl/N-ethyl adjacent to an activating group) is 1. The van der Waals surface area contributed by atoms with Gasteiger partial charge in [-0.3, -0.25) is 19.4 Å². The van der Waals surface area contributed by atoms with Crippen LogP contribution in [0, 0.1) is 0 Å². The molecule has 1 heterocycles. The van der Waals surface area contributed by atoms with Crippen molar-refractivity contribution in [3.8, 4) is 0 Å². The van der Waals surface area contributed by atoms with Gasteiger partial charge in [-0.05, 0) is 12.8 Å². The average molecular weight is 277 g/mol. The van der Waals surface area contributed by atoms with Crippen LogP contribution >= 0.6 is 15.9 Å². The van der Waals surface area contributed by atoms with Crippen molar-refractivity contribution in [2.45, 2.75) is 19.3 Å². The van der Waals surface area contributed by atoms with E-state index in [9.17, 15) is 14.4 Å². The number of carbonyl (C=O) groups excluding carboxylic acids is 3. The van der Waals surface area contributed by atoms with Crippen LogP contribution in [-0.2, 0) is 9.59 Å². The lowest BCUT2D eigenvalue weighted by Crippen LogP contribution is -2.32. The van der Waals surface area contributed by atoms with E-state index in [4.69, 9.17) is 0 Å². The van der Waals surface area contributed by atoms with Crippen LogP contribution in [0.1, 0.15) is 19.3 Å². The molecule has 1 fully saturated rings. The van der Waals surface area contributed by atoms with Gasteiger partial charge in [0.25, 0.3) is 0 Å². The van der Waals surface area contributed by atoms with Gasteiger partial charge in [0, 0.05) is 18.9 Å². The topological polar surface area (TPSA) is 57.7 Å². The van der Waals surface area contributed by atoms with Crippen molar-refractivity contribution in [2.24, 2.45) is 0 Å². The number of halogens is 1. The van der Waals surface area contributed by atoms with Gasteiger partial charge in [0.05, 0.1) is 0 Å². The van der Waals surface area contributed by atoms with Crippen LogP contribution in [0.3, 0.4) is 0 Å². The van der Waals surface area contributed by atoms with Crippen molar-refractivity contribution >= 4 is 33.8 Å². The molecule has 15 heavy (non-hydrogen) atoms. The molecule has 5 nitrogen and oxygen atoms in total. The summed E-state index contributed by atoms with van der Waals surface area (Å²) in [5.41, 5.74) is 0. The lowest BCUT2D eigenvalue weighted by atomic mass is 10.2. The Morgan fingerprint density at radius 3 is 2.20 bits per heavy atom. The minimum absolute atomic E-state index is 0.334. The molecule has 0 aromatic heterocycles. The fraction of sp³-hybridized carbons (Fsp3) is 0.667. The second-order valence-electron chi connectivity index (χ2n) is 3.35. The van der Waals surface area contributed by atoms with Crippen molar-refractivity contribution in [3.05, 3.63) is 0 Å². The van der Waals surface area contributed by atoms with Crippen LogP contribution in [0.15, 0.2) is 0 Å². The van der Waals surface area contributed by atoms with Gasteiger partial charge in [0.1, 0.15) is 0 Å². The van der Waals surface area contributed by atoms with Crippen LogP contribution in [-0.4, -0.2) is 46.6 Å². The Balaban J connectivity index is 2.45. The van der Waals surface area contributed by atoms with E-state index in [1.807, 2.05) is 0 Å². The molecule has 6 heteroatoms. The molecule has 0 saturated carbocycles. The standard InChI is InChI=1S/C9H13BrN2O3/c1-11-7(13)8(14)12(9(11)15)6-4-2-3-5-10/h2-6H2,1H3. The third-order valence-electron chi connectivity index (χ3n) is 2.27. The highest BCUT2D eigenvalue weighted by molar-refractivity contribution is 9.09. The summed E-state index contributed by atoms with van der Waals surface area (Å²) in [5, 5.41) is 0.910. The quantitative estimate of drug-likeness (QED) is 0.325. The first-order valence-corrected chi connectivity index (χ1v) is 5.91. The first kappa shape index (κ1) is 12.2. The van der Waals surface area contributed by atoms with E-state index in [1.165, 1.54) is 7.05 Å². The van der Waals surface area contributed by atoms with Crippen molar-refractivity contribution in [1.82, 2.24) is 9.80 Å². The number of hydrogen-bond donors (Lipinski definition) is 0. The third-order valence-corrected chi connectivity index (χ3v) is 2.83. The summed E-state index contributed by atoms with van der Waals surface area (Å²) in [6, 6.07) is -0.510. The van der Waals surface area contributed by atoms with Gasteiger partial charge in [-0.1, -0.05) is 22.4 Å². The fourth-order valence-electron chi connectivity index (χ4n) is 1.35. The fourth-order valence-corrected chi connectivity index (χ4v) is 1.75. The molecule has 0 N–H and O–H groups in total. The molecule has 0 bridgehead atoms. The molecule has 1 rings (SSSR count). The zero-order valence-corrected chi connectivity index (χ0v) is 10.1. The van der Waals surface area contributed by atoms with Gasteiger partial charge >= 0.3 is 17.8 Å². The lowest BCUT2D eigenvalue weighted by Gasteiger charge is -2.11. The molecule has 0 radical (unpaired) electrons. The van der Waals surface area contributed by atoms with Crippen LogP contribution in [0.25, 0.3) is 0 Å². The van der Waals surface area contributed by atoms with Crippen molar-refractivity contribution in [3.63, 3.8) is 0 Å². The van der Waals surface area contributed by atoms with Crippen LogP contribution in [0.2, 0.25) is 0 Å². The maximum absolute atomic E-state index is 11.4. The molecule has 0 unspecified atom stereocenters. The molecule has 0 spiro atoms. The van der Waals surface area contributed by atoms with Crippen molar-refractivity contribution in [2.75, 3.05) is 18.9 Å². The summed E-state index contributed by atoms with van der Waals surface area (Å²) < 4.78 is 0. The summed E-state index contributed by atoms with van der Waals surface area (Å²) in [5.74, 6) is -1.44. The van der Waals surface area contributed by atoms with Gasteiger partial charge in [-0.25, -0.2) is 4.79 Å². The van der Waals surface area contributed by atoms with E-state index in [2.05, 4.69) is 15.9 Å². The van der Waals surface area contributed by atoms with E-state index in [-0.39, 0.29) is 0 Å². The van der Waals surface area contributed by atoms with E-state index in [1.54, 1.807) is 0 Å². The number of urea groups is 1. The summed E-state index contributed by atoms with van der Waals surface area (Å²) in [4.78, 5) is 35.7. The molecule has 0 atom stereocenters. The largest absolute Gasteiger partial charge is 0.333 e. The number of carbonyl (C=O) groups is 3. The zero-order valence-electron chi connectivity index (χ0n) is 8.53. The monoisotopic (exact) mass is 276 g/mol. The van der Waals surface area contributed by atoms with Crippen LogP contribution in [0.5, 0.6) is 0 Å². The summed E-state index contributed by atoms with van der Waals surface area (Å²) in [6.07, 6.45) is 2.67. The Labute approximate surface area is 96.5 Å². The van der Waals surface area contributed by atoms with E-state index in [0.29, 0.717) is 6.54 Å². The van der Waals surface area contributed by atoms with Crippen LogP contribution in [0.4, 0.5) is 4.79 Å². The van der Waals surface area contributed by atoms with Crippen LogP contribution < -0.4 is 0 Å². The molecule has 1 aliphatic rings. The molecule has 1 aliphatic heterocycles. The van der Waals surface area contributed by atoms with Crippen molar-refractivity contribution in [1.29, 1.82) is 0 Å². The highest BCUT2D eigenvalue weighted by Gasteiger charge is 2.41. The molecule has 0 aromatic carbocycles. The molecule has 4 amide bonds. The number of unbranched alkanes of at least 4 members (excludes halogenated alkanes) is 2. The van der Waals surface area contributed by atoms with Crippen molar-refractivity contribution < 1.29 is 14.4 Å². The third kappa shape index (κ3) is 2.56. The van der Waals surface area contributed by atoms with Gasteiger partial charge in [0.2, 0.25) is 0 Å². The predicted octanol–water partition coefficient (Wildman–Crippen LogP) is 0.972. The molecular formula is C9H13BrN2O3. The molecule has 0 aliphatic carbocycles. The number of rotatable bonds is 5. The molecule has 1 saturated heterocycles. The average Bonchev–Trinajstić information content (AvgIpc) is 2.41. The number of nitrogens with zero attached hydrogens (tertiary/aromatic N) is 2. The second kappa shape index (κ2) is 5.25. The zero-order chi connectivity index (χ0) is 11.4. The maximum Gasteiger partial charge on any atom is 0.333 e. The smallest absolute Gasteiger partial charge is 0.263 e. The predicted molar refractivity (Wildman–Crippen MR) is 57.5 cm³/mol. The minimum Gasteiger partial charge on any atom is -0.263 e. The normalized spacial score (nSPS) is 16.8. The Morgan fingerprint density at radius 1 is 1.07 bits per heavy atom. The Bertz CT molecular complexity index is 293. The molecular weight excluding hydrogens is 264 g/mol. The Morgan fingerprint density at radius 2 is 1.73 bits per heavy atom. The van der Waals surface area contributed by atoms with Gasteiger partial charge in [0.15, 0.2) is 0 Å². The van der Waals surface area contributed by atoms with Gasteiger partial charge in [-0.15, -0.1) is 0 Å². The van der Waals surface area contributed by atoms with E-state index < -0.39 is 17.8 Å². The number of hydrogen-bond acceptors (Lipinski definition) is 3. The highest BCUT2D eigenvalue weighted by Crippen LogP contribution is 2.11. The van der Waals surface area contributed by atoms with Gasteiger partial charge in [-0.2, -0.15) is 0 Å². The first-order valence-electron chi connectivity index (χ1n) is 4.79. The lowest BCUT2D eigenvalue weighted by molar-refractivity contribution is -0.142. The number of imide groups is 2. The molecule has 0 aromatic rings. The van der Waals surface area contributed by atoms with E-state index in [0.717, 1.165) is 34.4 Å². The maximum atomic E-state index is 11.4. The SMILES string of the molecule is CN1C(=O)C(=O)N(CCCCCBr)C1=O. The number of alkyl halides is 1. The second-order valence-corrected chi connectivity index (χ2v) is 4.15. The highest BCUT2D eigenvalue weighted by atomic mass is 79.9. The minimum atomic E-state index is -0.736. The number of amides is 4. The van der Waals surface area contributed by atoms with E-state index >= 15 is 0 Å². The molecule has 84 valence electrons. The first-order chi connectivity index (χ1) is 7.09. The summed E-state index contributed by atoms with van der Waals surface area (Å²) in [6.45, 7) is 0.334. The Hall–Kier alpha value is -0.910. The van der Waals surface area contributed by atoms with Gasteiger partial charge < -0.3 is 0 Å². The summed E-state index contributed by atoms with van der Waals surface area (Å²) >= 11 is 3.30. The Kier molecular flexibility index (Phi) is 4.26. The summed E-state index contributed by atoms with van der Waals surface area (Å²) in [7, 11) is 1.32.